The fourth-order valence-electron chi connectivity index (χ4n) is 1.87. The summed E-state index contributed by atoms with van der Waals surface area (Å²) in [6.07, 6.45) is 0. The van der Waals surface area contributed by atoms with Crippen LogP contribution in [0.2, 0.25) is 0 Å². The normalized spacial score (nSPS) is 11.2. The van der Waals surface area contributed by atoms with Crippen LogP contribution in [0.1, 0.15) is 10.4 Å². The van der Waals surface area contributed by atoms with E-state index in [4.69, 9.17) is 10.9 Å². The molecule has 2 aromatic rings. The molecule has 0 fully saturated rings. The topological polar surface area (TPSA) is 103 Å². The van der Waals surface area contributed by atoms with Crippen molar-refractivity contribution in [2.45, 2.75) is 4.90 Å². The van der Waals surface area contributed by atoms with E-state index in [2.05, 4.69) is 0 Å². The number of nitrogens with two attached hydrogens (primary N) is 2. The molecule has 0 atom stereocenters. The summed E-state index contributed by atoms with van der Waals surface area (Å²) in [7, 11) is -3.88. The van der Waals surface area contributed by atoms with Crippen molar-refractivity contribution in [1.82, 2.24) is 0 Å². The van der Waals surface area contributed by atoms with Crippen LogP contribution in [0.3, 0.4) is 0 Å². The summed E-state index contributed by atoms with van der Waals surface area (Å²) in [5.74, 6) is -0.625. The maximum atomic E-state index is 11.6. The molecule has 0 radical (unpaired) electrons. The second kappa shape index (κ2) is 4.83. The third kappa shape index (κ3) is 2.64. The average molecular weight is 276 g/mol. The number of amides is 1. The van der Waals surface area contributed by atoms with E-state index < -0.39 is 15.9 Å². The third-order valence-corrected chi connectivity index (χ3v) is 3.65. The van der Waals surface area contributed by atoms with E-state index in [9.17, 15) is 13.2 Å². The number of hydrogen-bond donors (Lipinski definition) is 2. The number of hydrogen-bond acceptors (Lipinski definition) is 3. The molecule has 2 aromatic carbocycles. The molecule has 0 aliphatic carbocycles. The van der Waals surface area contributed by atoms with Gasteiger partial charge in [-0.25, -0.2) is 13.6 Å². The van der Waals surface area contributed by atoms with E-state index in [1.807, 2.05) is 0 Å². The number of sulfonamides is 1. The molecule has 0 spiro atoms. The molecule has 0 saturated heterocycles. The number of carbonyl (C=O) groups excluding carboxylic acids is 1. The Kier molecular flexibility index (Phi) is 3.37. The lowest BCUT2D eigenvalue weighted by atomic mass is 9.99. The van der Waals surface area contributed by atoms with Gasteiger partial charge in [0.05, 0.1) is 4.90 Å². The Hall–Kier alpha value is -2.18. The first-order valence-corrected chi connectivity index (χ1v) is 6.97. The molecule has 4 N–H and O–H groups in total. The van der Waals surface area contributed by atoms with Crippen LogP contribution in [-0.2, 0) is 10.0 Å². The summed E-state index contributed by atoms with van der Waals surface area (Å²) < 4.78 is 23.1. The second-order valence-corrected chi connectivity index (χ2v) is 5.48. The molecule has 0 saturated carbocycles. The van der Waals surface area contributed by atoms with E-state index in [0.29, 0.717) is 11.1 Å². The maximum absolute atomic E-state index is 11.6. The van der Waals surface area contributed by atoms with Crippen molar-refractivity contribution in [2.24, 2.45) is 10.9 Å². The van der Waals surface area contributed by atoms with E-state index in [1.165, 1.54) is 12.1 Å². The number of benzene rings is 2. The van der Waals surface area contributed by atoms with Crippen LogP contribution < -0.4 is 10.9 Å². The van der Waals surface area contributed by atoms with Crippen molar-refractivity contribution in [2.75, 3.05) is 0 Å². The van der Waals surface area contributed by atoms with Gasteiger partial charge in [-0.2, -0.15) is 0 Å². The Labute approximate surface area is 110 Å². The molecule has 5 nitrogen and oxygen atoms in total. The van der Waals surface area contributed by atoms with Gasteiger partial charge in [0.25, 0.3) is 0 Å². The SMILES string of the molecule is NC(=O)c1ccccc1-c1ccccc1S(N)(=O)=O. The van der Waals surface area contributed by atoms with Crippen LogP contribution in [0.5, 0.6) is 0 Å². The molecular formula is C13H12N2O3S. The first kappa shape index (κ1) is 13.3. The molecule has 0 aromatic heterocycles. The summed E-state index contributed by atoms with van der Waals surface area (Å²) in [6, 6.07) is 12.7. The molecule has 0 aliphatic rings. The highest BCUT2D eigenvalue weighted by atomic mass is 32.2. The van der Waals surface area contributed by atoms with Crippen LogP contribution in [0, 0.1) is 0 Å². The molecule has 98 valence electrons. The molecule has 0 bridgehead atoms. The predicted octanol–water partition coefficient (Wildman–Crippen LogP) is 1.10. The molecule has 2 rings (SSSR count). The van der Waals surface area contributed by atoms with Gasteiger partial charge < -0.3 is 5.73 Å². The molecule has 0 aliphatic heterocycles. The van der Waals surface area contributed by atoms with E-state index in [0.717, 1.165) is 0 Å². The molecule has 1 amide bonds. The van der Waals surface area contributed by atoms with Crippen LogP contribution in [0.25, 0.3) is 11.1 Å². The van der Waals surface area contributed by atoms with Gasteiger partial charge in [-0.05, 0) is 17.7 Å². The Bertz CT molecular complexity index is 739. The quantitative estimate of drug-likeness (QED) is 0.877. The second-order valence-electron chi connectivity index (χ2n) is 3.95. The molecule has 0 unspecified atom stereocenters. The first-order chi connectivity index (χ1) is 8.91. The largest absolute Gasteiger partial charge is 0.366 e. The smallest absolute Gasteiger partial charge is 0.249 e. The lowest BCUT2D eigenvalue weighted by Crippen LogP contribution is -2.15. The highest BCUT2D eigenvalue weighted by molar-refractivity contribution is 7.89. The van der Waals surface area contributed by atoms with E-state index in [1.54, 1.807) is 36.4 Å². The van der Waals surface area contributed by atoms with Gasteiger partial charge in [0.1, 0.15) is 0 Å². The van der Waals surface area contributed by atoms with Crippen molar-refractivity contribution in [3.05, 3.63) is 54.1 Å². The lowest BCUT2D eigenvalue weighted by Gasteiger charge is -2.10. The van der Waals surface area contributed by atoms with Crippen LogP contribution in [0.15, 0.2) is 53.4 Å². The fourth-order valence-corrected chi connectivity index (χ4v) is 2.62. The molecule has 19 heavy (non-hydrogen) atoms. The predicted molar refractivity (Wildman–Crippen MR) is 71.8 cm³/mol. The van der Waals surface area contributed by atoms with E-state index >= 15 is 0 Å². The Balaban J connectivity index is 2.78. The number of rotatable bonds is 3. The van der Waals surface area contributed by atoms with Crippen molar-refractivity contribution in [3.8, 4) is 11.1 Å². The minimum absolute atomic E-state index is 0.0382. The van der Waals surface area contributed by atoms with Crippen LogP contribution in [-0.4, -0.2) is 14.3 Å². The van der Waals surface area contributed by atoms with Gasteiger partial charge in [-0.3, -0.25) is 4.79 Å². The zero-order chi connectivity index (χ0) is 14.0. The van der Waals surface area contributed by atoms with E-state index in [-0.39, 0.29) is 10.5 Å². The van der Waals surface area contributed by atoms with Gasteiger partial charge in [0, 0.05) is 11.1 Å². The van der Waals surface area contributed by atoms with Gasteiger partial charge in [0.15, 0.2) is 0 Å². The summed E-state index contributed by atoms with van der Waals surface area (Å²) in [5.41, 5.74) is 6.34. The van der Waals surface area contributed by atoms with Crippen molar-refractivity contribution < 1.29 is 13.2 Å². The number of primary amides is 1. The fraction of sp³-hybridized carbons (Fsp3) is 0. The standard InChI is InChI=1S/C13H12N2O3S/c14-13(16)11-7-2-1-5-9(11)10-6-3-4-8-12(10)19(15,17)18/h1-8H,(H2,14,16)(H2,15,17,18). The van der Waals surface area contributed by atoms with Gasteiger partial charge >= 0.3 is 0 Å². The molecule has 6 heteroatoms. The minimum Gasteiger partial charge on any atom is -0.366 e. The summed E-state index contributed by atoms with van der Waals surface area (Å²) in [4.78, 5) is 11.4. The Morgan fingerprint density at radius 3 is 2.00 bits per heavy atom. The Morgan fingerprint density at radius 2 is 1.42 bits per heavy atom. The van der Waals surface area contributed by atoms with Crippen LogP contribution in [0.4, 0.5) is 0 Å². The van der Waals surface area contributed by atoms with Gasteiger partial charge in [0.2, 0.25) is 15.9 Å². The zero-order valence-electron chi connectivity index (χ0n) is 9.91. The van der Waals surface area contributed by atoms with Crippen molar-refractivity contribution in [1.29, 1.82) is 0 Å². The maximum Gasteiger partial charge on any atom is 0.249 e. The lowest BCUT2D eigenvalue weighted by molar-refractivity contribution is 0.100. The number of carbonyl (C=O) groups is 1. The van der Waals surface area contributed by atoms with Crippen molar-refractivity contribution >= 4 is 15.9 Å². The Morgan fingerprint density at radius 1 is 0.895 bits per heavy atom. The first-order valence-electron chi connectivity index (χ1n) is 5.42. The van der Waals surface area contributed by atoms with Gasteiger partial charge in [-0.15, -0.1) is 0 Å². The van der Waals surface area contributed by atoms with Gasteiger partial charge in [-0.1, -0.05) is 36.4 Å². The molecular weight excluding hydrogens is 264 g/mol. The van der Waals surface area contributed by atoms with Crippen molar-refractivity contribution in [3.63, 3.8) is 0 Å². The monoisotopic (exact) mass is 276 g/mol. The van der Waals surface area contributed by atoms with Crippen LogP contribution >= 0.6 is 0 Å². The zero-order valence-corrected chi connectivity index (χ0v) is 10.7. The highest BCUT2D eigenvalue weighted by Crippen LogP contribution is 2.29. The summed E-state index contributed by atoms with van der Waals surface area (Å²) >= 11 is 0. The highest BCUT2D eigenvalue weighted by Gasteiger charge is 2.17. The molecule has 0 heterocycles. The third-order valence-electron chi connectivity index (χ3n) is 2.68. The minimum atomic E-state index is -3.88. The average Bonchev–Trinajstić information content (AvgIpc) is 2.37. The number of primary sulfonamides is 1. The summed E-state index contributed by atoms with van der Waals surface area (Å²) in [5, 5.41) is 5.18. The summed E-state index contributed by atoms with van der Waals surface area (Å²) in [6.45, 7) is 0.